The predicted octanol–water partition coefficient (Wildman–Crippen LogP) is 3.07. The second-order valence-corrected chi connectivity index (χ2v) is 6.91. The highest BCUT2D eigenvalue weighted by Crippen LogP contribution is 2.30. The predicted molar refractivity (Wildman–Crippen MR) is 97.8 cm³/mol. The largest absolute Gasteiger partial charge is 0.463 e. The third-order valence-corrected chi connectivity index (χ3v) is 4.72. The Kier molecular flexibility index (Phi) is 5.53. The molecule has 2 aromatic heterocycles. The number of hydrogen-bond donors (Lipinski definition) is 0. The van der Waals surface area contributed by atoms with E-state index in [1.165, 1.54) is 11.3 Å². The highest BCUT2D eigenvalue weighted by molar-refractivity contribution is 7.18. The number of fused-ring (bicyclic) bond motifs is 1. The second kappa shape index (κ2) is 8.01. The summed E-state index contributed by atoms with van der Waals surface area (Å²) in [5.74, 6) is -0.524. The summed E-state index contributed by atoms with van der Waals surface area (Å²) in [7, 11) is 4.04. The number of para-hydroxylation sites is 1. The van der Waals surface area contributed by atoms with Crippen LogP contribution in [0.2, 0.25) is 0 Å². The molecule has 0 amide bonds. The van der Waals surface area contributed by atoms with Gasteiger partial charge in [0.15, 0.2) is 0 Å². The lowest BCUT2D eigenvalue weighted by molar-refractivity contribution is 0.263. The first kappa shape index (κ1) is 17.3. The lowest BCUT2D eigenvalue weighted by Crippen LogP contribution is -2.16. The third-order valence-electron chi connectivity index (χ3n) is 3.62. The number of rotatable bonds is 7. The van der Waals surface area contributed by atoms with Crippen LogP contribution in [0.4, 0.5) is 0 Å². The molecule has 3 rings (SSSR count). The van der Waals surface area contributed by atoms with Crippen LogP contribution in [-0.4, -0.2) is 47.1 Å². The number of ether oxygens (including phenoxy) is 1. The van der Waals surface area contributed by atoms with Crippen molar-refractivity contribution in [1.29, 1.82) is 5.26 Å². The molecule has 2 heterocycles. The van der Waals surface area contributed by atoms with Crippen LogP contribution in [0, 0.1) is 11.3 Å². The van der Waals surface area contributed by atoms with E-state index in [9.17, 15) is 5.26 Å². The monoisotopic (exact) mass is 353 g/mol. The molecule has 0 radical (unpaired) electrons. The Balaban J connectivity index is 1.77. The van der Waals surface area contributed by atoms with E-state index < -0.39 is 5.92 Å². The van der Waals surface area contributed by atoms with Crippen LogP contribution < -0.4 is 4.74 Å². The average Bonchev–Trinajstić information content (AvgIpc) is 3.03. The van der Waals surface area contributed by atoms with Crippen molar-refractivity contribution < 1.29 is 4.74 Å². The van der Waals surface area contributed by atoms with Crippen molar-refractivity contribution in [1.82, 2.24) is 19.9 Å². The molecule has 6 nitrogen and oxygen atoms in total. The van der Waals surface area contributed by atoms with E-state index >= 15 is 0 Å². The Morgan fingerprint density at radius 3 is 2.84 bits per heavy atom. The molecule has 0 saturated heterocycles. The molecule has 0 N–H and O–H groups in total. The van der Waals surface area contributed by atoms with Crippen LogP contribution >= 0.6 is 11.3 Å². The van der Waals surface area contributed by atoms with Crippen molar-refractivity contribution in [3.63, 3.8) is 0 Å². The highest BCUT2D eigenvalue weighted by atomic mass is 32.1. The van der Waals surface area contributed by atoms with Gasteiger partial charge >= 0.3 is 6.01 Å². The molecule has 25 heavy (non-hydrogen) atoms. The molecule has 128 valence electrons. The van der Waals surface area contributed by atoms with Gasteiger partial charge in [-0.05, 0) is 38.7 Å². The molecular formula is C18H19N5OS. The van der Waals surface area contributed by atoms with E-state index in [1.807, 2.05) is 38.4 Å². The molecule has 1 atom stereocenters. The first-order valence-electron chi connectivity index (χ1n) is 8.03. The van der Waals surface area contributed by atoms with Gasteiger partial charge in [0.1, 0.15) is 10.9 Å². The molecule has 0 aliphatic carbocycles. The van der Waals surface area contributed by atoms with Crippen LogP contribution in [0.15, 0.2) is 36.5 Å². The maximum absolute atomic E-state index is 9.63. The van der Waals surface area contributed by atoms with Crippen molar-refractivity contribution in [2.24, 2.45) is 0 Å². The molecule has 0 spiro atoms. The number of nitriles is 1. The van der Waals surface area contributed by atoms with E-state index in [2.05, 4.69) is 25.9 Å². The molecule has 3 aromatic rings. The fourth-order valence-electron chi connectivity index (χ4n) is 2.39. The Labute approximate surface area is 150 Å². The molecule has 7 heteroatoms. The van der Waals surface area contributed by atoms with Crippen molar-refractivity contribution in [3.05, 3.63) is 47.2 Å². The fourth-order valence-corrected chi connectivity index (χ4v) is 3.42. The molecule has 0 fully saturated rings. The lowest BCUT2D eigenvalue weighted by atomic mass is 10.1. The van der Waals surface area contributed by atoms with Gasteiger partial charge in [-0.1, -0.05) is 12.1 Å². The minimum atomic E-state index is -0.524. The van der Waals surface area contributed by atoms with Gasteiger partial charge in [0, 0.05) is 12.7 Å². The first-order chi connectivity index (χ1) is 12.2. The Morgan fingerprint density at radius 2 is 2.08 bits per heavy atom. The van der Waals surface area contributed by atoms with E-state index in [0.717, 1.165) is 28.2 Å². The van der Waals surface area contributed by atoms with E-state index in [4.69, 9.17) is 4.74 Å². The van der Waals surface area contributed by atoms with E-state index in [-0.39, 0.29) is 0 Å². The van der Waals surface area contributed by atoms with Crippen LogP contribution in [0.25, 0.3) is 10.2 Å². The molecule has 0 aliphatic rings. The van der Waals surface area contributed by atoms with Gasteiger partial charge in [0.05, 0.1) is 28.6 Å². The average molecular weight is 353 g/mol. The summed E-state index contributed by atoms with van der Waals surface area (Å²) >= 11 is 1.51. The van der Waals surface area contributed by atoms with E-state index in [1.54, 1.807) is 12.3 Å². The highest BCUT2D eigenvalue weighted by Gasteiger charge is 2.20. The van der Waals surface area contributed by atoms with Gasteiger partial charge in [0.25, 0.3) is 0 Å². The topological polar surface area (TPSA) is 74.9 Å². The van der Waals surface area contributed by atoms with Gasteiger partial charge in [-0.25, -0.2) is 9.97 Å². The number of benzene rings is 1. The summed E-state index contributed by atoms with van der Waals surface area (Å²) in [5.41, 5.74) is 1.51. The zero-order chi connectivity index (χ0) is 17.6. The summed E-state index contributed by atoms with van der Waals surface area (Å²) in [6.07, 6.45) is 2.52. The van der Waals surface area contributed by atoms with Crippen molar-refractivity contribution in [2.75, 3.05) is 27.2 Å². The van der Waals surface area contributed by atoms with Gasteiger partial charge < -0.3 is 9.64 Å². The lowest BCUT2D eigenvalue weighted by Gasteiger charge is -2.10. The SMILES string of the molecule is CN(C)CCCOc1nccc(C(C#N)c2nc3ccccc3s2)n1. The first-order valence-corrected chi connectivity index (χ1v) is 8.84. The summed E-state index contributed by atoms with van der Waals surface area (Å²) in [6.45, 7) is 1.48. The van der Waals surface area contributed by atoms with Gasteiger partial charge in [-0.15, -0.1) is 11.3 Å². The molecule has 1 unspecified atom stereocenters. The second-order valence-electron chi connectivity index (χ2n) is 5.85. The molecule has 0 saturated carbocycles. The van der Waals surface area contributed by atoms with Gasteiger partial charge in [-0.2, -0.15) is 10.2 Å². The maximum atomic E-state index is 9.63. The van der Waals surface area contributed by atoms with Crippen molar-refractivity contribution in [3.8, 4) is 12.1 Å². The van der Waals surface area contributed by atoms with Crippen molar-refractivity contribution in [2.45, 2.75) is 12.3 Å². The number of nitrogens with zero attached hydrogens (tertiary/aromatic N) is 5. The summed E-state index contributed by atoms with van der Waals surface area (Å²) in [5, 5.41) is 10.4. The Bertz CT molecular complexity index is 853. The van der Waals surface area contributed by atoms with Crippen LogP contribution in [0.3, 0.4) is 0 Å². The fraction of sp³-hybridized carbons (Fsp3) is 0.333. The minimum Gasteiger partial charge on any atom is -0.463 e. The van der Waals surface area contributed by atoms with Crippen LogP contribution in [0.5, 0.6) is 6.01 Å². The molecular weight excluding hydrogens is 334 g/mol. The summed E-state index contributed by atoms with van der Waals surface area (Å²) < 4.78 is 6.67. The minimum absolute atomic E-state index is 0.303. The molecule has 0 aliphatic heterocycles. The van der Waals surface area contributed by atoms with Crippen LogP contribution in [0.1, 0.15) is 23.0 Å². The molecule has 1 aromatic carbocycles. The van der Waals surface area contributed by atoms with Crippen LogP contribution in [-0.2, 0) is 0 Å². The normalized spacial score (nSPS) is 12.2. The van der Waals surface area contributed by atoms with E-state index in [0.29, 0.717) is 18.3 Å². The smallest absolute Gasteiger partial charge is 0.316 e. The third kappa shape index (κ3) is 4.29. The Morgan fingerprint density at radius 1 is 1.24 bits per heavy atom. The van der Waals surface area contributed by atoms with Crippen molar-refractivity contribution >= 4 is 21.6 Å². The number of thiazole rings is 1. The quantitative estimate of drug-likeness (QED) is 0.608. The standard InChI is InChI=1S/C18H19N5OS/c1-23(2)10-5-11-24-18-20-9-8-14(22-18)13(12-19)17-21-15-6-3-4-7-16(15)25-17/h3-4,6-9,13H,5,10-11H2,1-2H3. The number of aromatic nitrogens is 3. The summed E-state index contributed by atoms with van der Waals surface area (Å²) in [6, 6.07) is 12.2. The van der Waals surface area contributed by atoms with Gasteiger partial charge in [-0.3, -0.25) is 0 Å². The Hall–Kier alpha value is -2.56. The zero-order valence-electron chi connectivity index (χ0n) is 14.2. The van der Waals surface area contributed by atoms with Gasteiger partial charge in [0.2, 0.25) is 0 Å². The summed E-state index contributed by atoms with van der Waals surface area (Å²) in [4.78, 5) is 15.2. The number of hydrogen-bond acceptors (Lipinski definition) is 7. The maximum Gasteiger partial charge on any atom is 0.316 e. The zero-order valence-corrected chi connectivity index (χ0v) is 15.0. The molecule has 0 bridgehead atoms.